The van der Waals surface area contributed by atoms with Crippen LogP contribution in [0, 0.1) is 11.3 Å². The van der Waals surface area contributed by atoms with Gasteiger partial charge in [0.05, 0.1) is 12.2 Å². The Labute approximate surface area is 80.1 Å². The molecule has 0 aliphatic carbocycles. The van der Waals surface area contributed by atoms with Crippen LogP contribution in [0.15, 0.2) is 0 Å². The van der Waals surface area contributed by atoms with Crippen LogP contribution in [0.3, 0.4) is 0 Å². The van der Waals surface area contributed by atoms with Crippen molar-refractivity contribution in [2.75, 3.05) is 19.7 Å². The first-order valence-electron chi connectivity index (χ1n) is 5.13. The lowest BCUT2D eigenvalue weighted by Gasteiger charge is -2.09. The summed E-state index contributed by atoms with van der Waals surface area (Å²) in [6.45, 7) is 2.93. The molecule has 0 bridgehead atoms. The number of hydrogen-bond donors (Lipinski definition) is 1. The molecule has 0 saturated carbocycles. The summed E-state index contributed by atoms with van der Waals surface area (Å²) in [6, 6.07) is 2.14. The number of unbranched alkanes of at least 4 members (excludes halogenated alkanes) is 1. The minimum absolute atomic E-state index is 0.489. The zero-order chi connectivity index (χ0) is 9.36. The summed E-state index contributed by atoms with van der Waals surface area (Å²) >= 11 is 0. The second-order valence-electron chi connectivity index (χ2n) is 3.44. The van der Waals surface area contributed by atoms with Gasteiger partial charge < -0.3 is 10.1 Å². The molecular formula is C10H18N2O. The van der Waals surface area contributed by atoms with Gasteiger partial charge in [-0.1, -0.05) is 0 Å². The third-order valence-corrected chi connectivity index (χ3v) is 2.31. The summed E-state index contributed by atoms with van der Waals surface area (Å²) in [5.41, 5.74) is 0. The third kappa shape index (κ3) is 4.87. The molecule has 1 atom stereocenters. The molecule has 1 N–H and O–H groups in total. The minimum Gasteiger partial charge on any atom is -0.378 e. The zero-order valence-electron chi connectivity index (χ0n) is 8.09. The van der Waals surface area contributed by atoms with Crippen molar-refractivity contribution in [1.29, 1.82) is 5.26 Å². The summed E-state index contributed by atoms with van der Waals surface area (Å²) in [7, 11) is 0. The first-order chi connectivity index (χ1) is 6.43. The van der Waals surface area contributed by atoms with Crippen LogP contribution in [0.5, 0.6) is 0 Å². The molecule has 1 unspecified atom stereocenters. The Bertz CT molecular complexity index is 159. The molecule has 0 amide bonds. The van der Waals surface area contributed by atoms with Crippen LogP contribution < -0.4 is 5.32 Å². The third-order valence-electron chi connectivity index (χ3n) is 2.31. The second-order valence-corrected chi connectivity index (χ2v) is 3.44. The van der Waals surface area contributed by atoms with Gasteiger partial charge in [-0.3, -0.25) is 0 Å². The van der Waals surface area contributed by atoms with E-state index in [9.17, 15) is 0 Å². The number of rotatable bonds is 6. The van der Waals surface area contributed by atoms with Gasteiger partial charge in [0, 0.05) is 13.0 Å². The predicted molar refractivity (Wildman–Crippen MR) is 51.3 cm³/mol. The highest BCUT2D eigenvalue weighted by Crippen LogP contribution is 2.14. The molecule has 1 rings (SSSR count). The Balaban J connectivity index is 1.81. The number of nitrogens with one attached hydrogen (secondary N) is 1. The van der Waals surface area contributed by atoms with Gasteiger partial charge in [0.1, 0.15) is 0 Å². The molecule has 74 valence electrons. The van der Waals surface area contributed by atoms with Crippen molar-refractivity contribution in [2.24, 2.45) is 0 Å². The molecule has 1 heterocycles. The summed E-state index contributed by atoms with van der Waals surface area (Å²) < 4.78 is 5.49. The molecular weight excluding hydrogens is 164 g/mol. The van der Waals surface area contributed by atoms with Gasteiger partial charge in [0.15, 0.2) is 0 Å². The Kier molecular flexibility index (Phi) is 5.55. The number of nitrogens with zero attached hydrogens (tertiary/aromatic N) is 1. The molecule has 0 radical (unpaired) electrons. The van der Waals surface area contributed by atoms with Gasteiger partial charge in [-0.25, -0.2) is 0 Å². The normalized spacial score (nSPS) is 21.6. The van der Waals surface area contributed by atoms with Crippen LogP contribution in [0.25, 0.3) is 0 Å². The Morgan fingerprint density at radius 1 is 1.46 bits per heavy atom. The Morgan fingerprint density at radius 2 is 2.38 bits per heavy atom. The number of ether oxygens (including phenoxy) is 1. The maximum Gasteiger partial charge on any atom is 0.0622 e. The van der Waals surface area contributed by atoms with E-state index >= 15 is 0 Å². The highest BCUT2D eigenvalue weighted by molar-refractivity contribution is 4.69. The van der Waals surface area contributed by atoms with Crippen molar-refractivity contribution in [2.45, 2.75) is 38.2 Å². The lowest BCUT2D eigenvalue weighted by atomic mass is 10.2. The average Bonchev–Trinajstić information content (AvgIpc) is 2.63. The van der Waals surface area contributed by atoms with Crippen molar-refractivity contribution < 1.29 is 4.74 Å². The first kappa shape index (κ1) is 10.5. The van der Waals surface area contributed by atoms with Gasteiger partial charge in [-0.15, -0.1) is 0 Å². The molecule has 1 saturated heterocycles. The summed E-state index contributed by atoms with van der Waals surface area (Å²) in [5.74, 6) is 0. The van der Waals surface area contributed by atoms with E-state index in [1.807, 2.05) is 0 Å². The van der Waals surface area contributed by atoms with Crippen LogP contribution >= 0.6 is 0 Å². The smallest absolute Gasteiger partial charge is 0.0622 e. The molecule has 1 fully saturated rings. The molecule has 1 aliphatic rings. The fourth-order valence-corrected chi connectivity index (χ4v) is 1.55. The van der Waals surface area contributed by atoms with Crippen molar-refractivity contribution in [3.05, 3.63) is 0 Å². The molecule has 0 aromatic rings. The predicted octanol–water partition coefficient (Wildman–Crippen LogP) is 1.45. The summed E-state index contributed by atoms with van der Waals surface area (Å²) in [5, 5.41) is 11.6. The molecule has 3 nitrogen and oxygen atoms in total. The largest absolute Gasteiger partial charge is 0.378 e. The van der Waals surface area contributed by atoms with Gasteiger partial charge >= 0.3 is 0 Å². The highest BCUT2D eigenvalue weighted by atomic mass is 16.5. The maximum absolute atomic E-state index is 8.30. The van der Waals surface area contributed by atoms with E-state index in [4.69, 9.17) is 10.00 Å². The fourth-order valence-electron chi connectivity index (χ4n) is 1.55. The SMILES string of the molecule is N#CCCCNCCC1CCCO1. The van der Waals surface area contributed by atoms with E-state index in [-0.39, 0.29) is 0 Å². The lowest BCUT2D eigenvalue weighted by molar-refractivity contribution is 0.104. The molecule has 13 heavy (non-hydrogen) atoms. The quantitative estimate of drug-likeness (QED) is 0.632. The van der Waals surface area contributed by atoms with Crippen molar-refractivity contribution in [3.8, 4) is 6.07 Å². The van der Waals surface area contributed by atoms with Gasteiger partial charge in [0.2, 0.25) is 0 Å². The van der Waals surface area contributed by atoms with Crippen molar-refractivity contribution >= 4 is 0 Å². The molecule has 0 aromatic heterocycles. The maximum atomic E-state index is 8.30. The Morgan fingerprint density at radius 3 is 3.08 bits per heavy atom. The van der Waals surface area contributed by atoms with Crippen LogP contribution in [-0.2, 0) is 4.74 Å². The summed E-state index contributed by atoms with van der Waals surface area (Å²) in [6.07, 6.45) is 5.67. The topological polar surface area (TPSA) is 45.0 Å². The summed E-state index contributed by atoms with van der Waals surface area (Å²) in [4.78, 5) is 0. The highest BCUT2D eigenvalue weighted by Gasteiger charge is 2.13. The fraction of sp³-hybridized carbons (Fsp3) is 0.900. The van der Waals surface area contributed by atoms with E-state index in [0.717, 1.165) is 32.5 Å². The lowest BCUT2D eigenvalue weighted by Crippen LogP contribution is -2.21. The van der Waals surface area contributed by atoms with E-state index in [0.29, 0.717) is 12.5 Å². The Hall–Kier alpha value is -0.590. The van der Waals surface area contributed by atoms with Crippen LogP contribution in [0.1, 0.15) is 32.1 Å². The van der Waals surface area contributed by atoms with Crippen molar-refractivity contribution in [1.82, 2.24) is 5.32 Å². The van der Waals surface area contributed by atoms with Crippen LogP contribution in [0.4, 0.5) is 0 Å². The molecule has 3 heteroatoms. The van der Waals surface area contributed by atoms with Gasteiger partial charge in [0.25, 0.3) is 0 Å². The minimum atomic E-state index is 0.489. The van der Waals surface area contributed by atoms with E-state index in [1.54, 1.807) is 0 Å². The molecule has 1 aliphatic heterocycles. The van der Waals surface area contributed by atoms with Gasteiger partial charge in [-0.05, 0) is 38.8 Å². The van der Waals surface area contributed by atoms with Crippen LogP contribution in [0.2, 0.25) is 0 Å². The second kappa shape index (κ2) is 6.88. The van der Waals surface area contributed by atoms with Crippen LogP contribution in [-0.4, -0.2) is 25.8 Å². The number of nitriles is 1. The van der Waals surface area contributed by atoms with E-state index < -0.39 is 0 Å². The average molecular weight is 182 g/mol. The molecule has 0 aromatic carbocycles. The molecule has 0 spiro atoms. The van der Waals surface area contributed by atoms with Crippen molar-refractivity contribution in [3.63, 3.8) is 0 Å². The number of hydrogen-bond acceptors (Lipinski definition) is 3. The van der Waals surface area contributed by atoms with E-state index in [2.05, 4.69) is 11.4 Å². The van der Waals surface area contributed by atoms with E-state index in [1.165, 1.54) is 12.8 Å². The standard InChI is InChI=1S/C10H18N2O/c11-6-1-2-7-12-8-5-10-4-3-9-13-10/h10,12H,1-5,7-9H2. The van der Waals surface area contributed by atoms with Gasteiger partial charge in [-0.2, -0.15) is 5.26 Å². The monoisotopic (exact) mass is 182 g/mol. The zero-order valence-corrected chi connectivity index (χ0v) is 8.09. The first-order valence-corrected chi connectivity index (χ1v) is 5.13.